The summed E-state index contributed by atoms with van der Waals surface area (Å²) in [7, 11) is 0. The van der Waals surface area contributed by atoms with Gasteiger partial charge in [-0.2, -0.15) is 0 Å². The third-order valence-corrected chi connectivity index (χ3v) is 3.36. The summed E-state index contributed by atoms with van der Waals surface area (Å²) in [6.07, 6.45) is 6.19. The Bertz CT molecular complexity index is 547. The molecule has 0 unspecified atom stereocenters. The van der Waals surface area contributed by atoms with Crippen molar-refractivity contribution in [3.63, 3.8) is 0 Å². The van der Waals surface area contributed by atoms with Crippen molar-refractivity contribution < 1.29 is 4.79 Å². The Labute approximate surface area is 120 Å². The number of rotatable bonds is 8. The first-order valence-electron chi connectivity index (χ1n) is 7.23. The summed E-state index contributed by atoms with van der Waals surface area (Å²) in [6.45, 7) is 1.85. The Balaban J connectivity index is 1.74. The first kappa shape index (κ1) is 14.6. The highest BCUT2D eigenvalue weighted by atomic mass is 16.1. The van der Waals surface area contributed by atoms with E-state index < -0.39 is 0 Å². The van der Waals surface area contributed by atoms with Crippen LogP contribution in [0.15, 0.2) is 30.5 Å². The van der Waals surface area contributed by atoms with Crippen molar-refractivity contribution >= 4 is 16.8 Å². The first-order chi connectivity index (χ1) is 9.81. The van der Waals surface area contributed by atoms with E-state index in [2.05, 4.69) is 11.4 Å². The molecular formula is C16H22N3O. The summed E-state index contributed by atoms with van der Waals surface area (Å²) in [5, 5.41) is 4.00. The molecule has 0 aliphatic heterocycles. The fraction of sp³-hybridized carbons (Fsp3) is 0.438. The van der Waals surface area contributed by atoms with Crippen LogP contribution in [-0.2, 0) is 11.3 Å². The number of nitrogens with zero attached hydrogens (tertiary/aromatic N) is 1. The van der Waals surface area contributed by atoms with E-state index in [1.165, 1.54) is 0 Å². The van der Waals surface area contributed by atoms with Crippen molar-refractivity contribution in [1.29, 1.82) is 0 Å². The maximum absolute atomic E-state index is 11.9. The fourth-order valence-corrected chi connectivity index (χ4v) is 2.26. The normalized spacial score (nSPS) is 10.8. The van der Waals surface area contributed by atoms with Gasteiger partial charge in [0.1, 0.15) is 6.54 Å². The number of carbonyl (C=O) groups is 1. The van der Waals surface area contributed by atoms with Crippen LogP contribution in [0.5, 0.6) is 0 Å². The smallest absolute Gasteiger partial charge is 0.239 e. The molecular weight excluding hydrogens is 250 g/mol. The minimum Gasteiger partial charge on any atom is -0.355 e. The second kappa shape index (κ2) is 7.70. The van der Waals surface area contributed by atoms with Crippen molar-refractivity contribution in [2.45, 2.75) is 32.2 Å². The zero-order valence-corrected chi connectivity index (χ0v) is 11.8. The van der Waals surface area contributed by atoms with Gasteiger partial charge >= 0.3 is 0 Å². The highest BCUT2D eigenvalue weighted by molar-refractivity contribution is 5.82. The second-order valence-corrected chi connectivity index (χ2v) is 4.97. The monoisotopic (exact) mass is 272 g/mol. The number of hydrogen-bond donors (Lipinski definition) is 2. The van der Waals surface area contributed by atoms with Crippen LogP contribution in [0, 0.1) is 6.07 Å². The Kier molecular flexibility index (Phi) is 5.62. The molecule has 0 fully saturated rings. The van der Waals surface area contributed by atoms with Gasteiger partial charge in [-0.25, -0.2) is 0 Å². The van der Waals surface area contributed by atoms with Crippen molar-refractivity contribution in [2.24, 2.45) is 5.73 Å². The molecule has 4 heteroatoms. The summed E-state index contributed by atoms with van der Waals surface area (Å²) in [6, 6.07) is 11.1. The zero-order valence-electron chi connectivity index (χ0n) is 11.8. The number of amides is 1. The van der Waals surface area contributed by atoms with Crippen molar-refractivity contribution in [2.75, 3.05) is 13.1 Å². The third-order valence-electron chi connectivity index (χ3n) is 3.36. The molecule has 0 bridgehead atoms. The van der Waals surface area contributed by atoms with E-state index in [-0.39, 0.29) is 5.91 Å². The molecule has 0 spiro atoms. The van der Waals surface area contributed by atoms with Gasteiger partial charge in [-0.05, 0) is 25.5 Å². The van der Waals surface area contributed by atoms with E-state index in [0.29, 0.717) is 6.54 Å². The van der Waals surface area contributed by atoms with E-state index in [1.807, 2.05) is 35.0 Å². The molecule has 20 heavy (non-hydrogen) atoms. The number of unbranched alkanes of at least 4 members (excludes halogenated alkanes) is 3. The zero-order chi connectivity index (χ0) is 14.2. The molecule has 107 valence electrons. The molecule has 1 aromatic heterocycles. The van der Waals surface area contributed by atoms with Crippen molar-refractivity contribution in [3.8, 4) is 0 Å². The van der Waals surface area contributed by atoms with Crippen molar-refractivity contribution in [3.05, 3.63) is 36.5 Å². The summed E-state index contributed by atoms with van der Waals surface area (Å²) in [5.41, 5.74) is 6.48. The standard InChI is InChI=1S/C16H22N3O/c17-10-5-1-2-6-11-18-16(20)13-19-12-9-14-7-3-4-8-15(14)19/h3-4,7-8,12H,1-2,5-6,10-11,13,17H2,(H,18,20). The Morgan fingerprint density at radius 2 is 2.00 bits per heavy atom. The lowest BCUT2D eigenvalue weighted by Crippen LogP contribution is -2.28. The van der Waals surface area contributed by atoms with E-state index in [4.69, 9.17) is 5.73 Å². The molecule has 4 nitrogen and oxygen atoms in total. The second-order valence-electron chi connectivity index (χ2n) is 4.97. The van der Waals surface area contributed by atoms with Gasteiger partial charge in [-0.3, -0.25) is 4.79 Å². The van der Waals surface area contributed by atoms with E-state index in [9.17, 15) is 4.79 Å². The first-order valence-corrected chi connectivity index (χ1v) is 7.23. The summed E-state index contributed by atoms with van der Waals surface area (Å²) in [4.78, 5) is 11.9. The molecule has 1 heterocycles. The van der Waals surface area contributed by atoms with E-state index in [1.54, 1.807) is 0 Å². The van der Waals surface area contributed by atoms with Gasteiger partial charge in [0.15, 0.2) is 0 Å². The maximum Gasteiger partial charge on any atom is 0.239 e. The third kappa shape index (κ3) is 4.10. The van der Waals surface area contributed by atoms with Crippen LogP contribution < -0.4 is 11.1 Å². The molecule has 0 saturated carbocycles. The predicted molar refractivity (Wildman–Crippen MR) is 81.3 cm³/mol. The topological polar surface area (TPSA) is 60.0 Å². The van der Waals surface area contributed by atoms with Crippen LogP contribution in [0.1, 0.15) is 25.7 Å². The molecule has 2 rings (SSSR count). The number of hydrogen-bond acceptors (Lipinski definition) is 2. The lowest BCUT2D eigenvalue weighted by molar-refractivity contribution is -0.121. The summed E-state index contributed by atoms with van der Waals surface area (Å²) < 4.78 is 1.93. The Morgan fingerprint density at radius 1 is 1.20 bits per heavy atom. The SMILES string of the molecule is NCCCCCCNC(=O)Cn1c[c]c2ccccc21. The number of nitrogens with two attached hydrogens (primary N) is 1. The van der Waals surface area contributed by atoms with Gasteiger partial charge in [-0.1, -0.05) is 31.0 Å². The van der Waals surface area contributed by atoms with Gasteiger partial charge < -0.3 is 15.6 Å². The van der Waals surface area contributed by atoms with Crippen LogP contribution in [0.25, 0.3) is 10.9 Å². The van der Waals surface area contributed by atoms with E-state index in [0.717, 1.165) is 49.7 Å². The van der Waals surface area contributed by atoms with Crippen LogP contribution in [0.3, 0.4) is 0 Å². The minimum absolute atomic E-state index is 0.0542. The molecule has 0 saturated heterocycles. The van der Waals surface area contributed by atoms with Gasteiger partial charge in [0.25, 0.3) is 0 Å². The fourth-order valence-electron chi connectivity index (χ4n) is 2.26. The summed E-state index contributed by atoms with van der Waals surface area (Å²) in [5.74, 6) is 0.0542. The van der Waals surface area contributed by atoms with Gasteiger partial charge in [-0.15, -0.1) is 0 Å². The van der Waals surface area contributed by atoms with Gasteiger partial charge in [0, 0.05) is 29.7 Å². The number of aromatic nitrogens is 1. The lowest BCUT2D eigenvalue weighted by atomic mass is 10.2. The molecule has 1 amide bonds. The number of para-hydroxylation sites is 1. The average molecular weight is 272 g/mol. The predicted octanol–water partition coefficient (Wildman–Crippen LogP) is 2.08. The van der Waals surface area contributed by atoms with E-state index >= 15 is 0 Å². The molecule has 0 aliphatic rings. The number of fused-ring (bicyclic) bond motifs is 1. The number of benzene rings is 1. The van der Waals surface area contributed by atoms with Gasteiger partial charge in [0.2, 0.25) is 5.91 Å². The number of carbonyl (C=O) groups excluding carboxylic acids is 1. The highest BCUT2D eigenvalue weighted by Crippen LogP contribution is 2.13. The Hall–Kier alpha value is -1.81. The quantitative estimate of drug-likeness (QED) is 0.723. The van der Waals surface area contributed by atoms with Crippen LogP contribution in [0.2, 0.25) is 0 Å². The molecule has 0 aliphatic carbocycles. The van der Waals surface area contributed by atoms with Gasteiger partial charge in [0.05, 0.1) is 0 Å². The van der Waals surface area contributed by atoms with Crippen LogP contribution in [0.4, 0.5) is 0 Å². The Morgan fingerprint density at radius 3 is 2.85 bits per heavy atom. The lowest BCUT2D eigenvalue weighted by Gasteiger charge is -2.07. The number of nitrogens with one attached hydrogen (secondary N) is 1. The van der Waals surface area contributed by atoms with Crippen LogP contribution in [-0.4, -0.2) is 23.6 Å². The minimum atomic E-state index is 0.0542. The molecule has 1 aromatic carbocycles. The molecule has 1 radical (unpaired) electrons. The molecule has 2 aromatic rings. The molecule has 0 atom stereocenters. The van der Waals surface area contributed by atoms with Crippen LogP contribution >= 0.6 is 0 Å². The average Bonchev–Trinajstić information content (AvgIpc) is 2.86. The maximum atomic E-state index is 11.9. The molecule has 3 N–H and O–H groups in total. The summed E-state index contributed by atoms with van der Waals surface area (Å²) >= 11 is 0. The van der Waals surface area contributed by atoms with Crippen molar-refractivity contribution in [1.82, 2.24) is 9.88 Å². The highest BCUT2D eigenvalue weighted by Gasteiger charge is 2.05. The largest absolute Gasteiger partial charge is 0.355 e.